The molecule has 1 saturated carbocycles. The fourth-order valence-electron chi connectivity index (χ4n) is 4.29. The number of rotatable bonds is 3. The molecule has 1 aliphatic carbocycles. The molecule has 4 rings (SSSR count). The van der Waals surface area contributed by atoms with Gasteiger partial charge in [-0.1, -0.05) is 0 Å². The number of aryl methyl sites for hydroxylation is 3. The molecule has 2 aromatic rings. The molecule has 1 spiro atoms. The van der Waals surface area contributed by atoms with Crippen LogP contribution in [0.4, 0.5) is 5.82 Å². The molecule has 1 aliphatic heterocycles. The van der Waals surface area contributed by atoms with Crippen LogP contribution >= 0.6 is 0 Å². The fourth-order valence-corrected chi connectivity index (χ4v) is 4.93. The van der Waals surface area contributed by atoms with Gasteiger partial charge in [-0.05, 0) is 49.9 Å². The van der Waals surface area contributed by atoms with Crippen molar-refractivity contribution in [2.24, 2.45) is 17.6 Å². The summed E-state index contributed by atoms with van der Waals surface area (Å²) >= 11 is 0. The van der Waals surface area contributed by atoms with Crippen LogP contribution < -0.4 is 14.8 Å². The summed E-state index contributed by atoms with van der Waals surface area (Å²) in [4.78, 5) is 2.34. The lowest BCUT2D eigenvalue weighted by molar-refractivity contribution is 0.0581. The topological polar surface area (TPSA) is 93.2 Å². The SMILES string of the molecule is Cc1cc2nn(C)c(N3CC4(CC(NS(N)(=O)=O)C4)C3)c2cc1C. The highest BCUT2D eigenvalue weighted by atomic mass is 32.2. The predicted octanol–water partition coefficient (Wildman–Crippen LogP) is 0.952. The van der Waals surface area contributed by atoms with E-state index in [2.05, 4.69) is 40.7 Å². The van der Waals surface area contributed by atoms with E-state index >= 15 is 0 Å². The maximum Gasteiger partial charge on any atom is 0.274 e. The molecule has 2 fully saturated rings. The third-order valence-corrected chi connectivity index (χ3v) is 6.12. The minimum atomic E-state index is -3.60. The second kappa shape index (κ2) is 4.93. The maximum atomic E-state index is 11.1. The quantitative estimate of drug-likeness (QED) is 0.863. The third kappa shape index (κ3) is 2.49. The summed E-state index contributed by atoms with van der Waals surface area (Å²) in [5, 5.41) is 10.9. The van der Waals surface area contributed by atoms with E-state index in [1.165, 1.54) is 16.5 Å². The Bertz CT molecular complexity index is 920. The summed E-state index contributed by atoms with van der Waals surface area (Å²) in [7, 11) is -1.61. The first-order chi connectivity index (χ1) is 11.2. The Morgan fingerprint density at radius 3 is 2.50 bits per heavy atom. The molecule has 8 heteroatoms. The van der Waals surface area contributed by atoms with Gasteiger partial charge in [0.15, 0.2) is 0 Å². The van der Waals surface area contributed by atoms with Crippen molar-refractivity contribution < 1.29 is 8.42 Å². The zero-order valence-corrected chi connectivity index (χ0v) is 15.0. The molecule has 1 aromatic heterocycles. The van der Waals surface area contributed by atoms with Crippen molar-refractivity contribution in [2.75, 3.05) is 18.0 Å². The van der Waals surface area contributed by atoms with E-state index in [0.29, 0.717) is 0 Å². The van der Waals surface area contributed by atoms with Crippen LogP contribution in [0.5, 0.6) is 0 Å². The summed E-state index contributed by atoms with van der Waals surface area (Å²) in [6.45, 7) is 6.11. The summed E-state index contributed by atoms with van der Waals surface area (Å²) in [6, 6.07) is 4.33. The number of anilines is 1. The number of hydrogen-bond donors (Lipinski definition) is 2. The first-order valence-electron chi connectivity index (χ1n) is 8.15. The number of fused-ring (bicyclic) bond motifs is 1. The molecule has 1 aromatic carbocycles. The molecule has 0 radical (unpaired) electrons. The Morgan fingerprint density at radius 2 is 1.88 bits per heavy atom. The van der Waals surface area contributed by atoms with Crippen molar-refractivity contribution in [3.05, 3.63) is 23.3 Å². The van der Waals surface area contributed by atoms with Crippen LogP contribution in [0.15, 0.2) is 12.1 Å². The largest absolute Gasteiger partial charge is 0.355 e. The molecular formula is C16H23N5O2S. The summed E-state index contributed by atoms with van der Waals surface area (Å²) < 4.78 is 26.6. The smallest absolute Gasteiger partial charge is 0.274 e. The molecule has 130 valence electrons. The van der Waals surface area contributed by atoms with Gasteiger partial charge in [-0.3, -0.25) is 4.68 Å². The van der Waals surface area contributed by atoms with E-state index in [0.717, 1.165) is 37.3 Å². The van der Waals surface area contributed by atoms with Crippen LogP contribution in [0, 0.1) is 19.3 Å². The van der Waals surface area contributed by atoms with Gasteiger partial charge in [0.25, 0.3) is 10.2 Å². The molecule has 7 nitrogen and oxygen atoms in total. The summed E-state index contributed by atoms with van der Waals surface area (Å²) in [5.41, 5.74) is 3.77. The van der Waals surface area contributed by atoms with E-state index in [4.69, 9.17) is 5.14 Å². The van der Waals surface area contributed by atoms with Gasteiger partial charge >= 0.3 is 0 Å². The van der Waals surface area contributed by atoms with Gasteiger partial charge in [0, 0.05) is 37.0 Å². The average molecular weight is 349 g/mol. The lowest BCUT2D eigenvalue weighted by Gasteiger charge is -2.59. The number of nitrogens with two attached hydrogens (primary N) is 1. The van der Waals surface area contributed by atoms with Gasteiger partial charge in [-0.15, -0.1) is 0 Å². The van der Waals surface area contributed by atoms with Gasteiger partial charge in [0.2, 0.25) is 0 Å². The standard InChI is InChI=1S/C16H23N5O2S/c1-10-4-13-14(5-11(10)2)18-20(3)15(13)21-8-16(9-21)6-12(7-16)19-24(17,22)23/h4-5,12,19H,6-9H2,1-3H3,(H2,17,22,23). The van der Waals surface area contributed by atoms with Crippen molar-refractivity contribution in [1.82, 2.24) is 14.5 Å². The lowest BCUT2D eigenvalue weighted by atomic mass is 9.61. The molecule has 3 N–H and O–H groups in total. The highest BCUT2D eigenvalue weighted by Gasteiger charge is 2.53. The maximum absolute atomic E-state index is 11.1. The zero-order chi connectivity index (χ0) is 17.3. The van der Waals surface area contributed by atoms with Crippen molar-refractivity contribution in [3.8, 4) is 0 Å². The summed E-state index contributed by atoms with van der Waals surface area (Å²) in [6.07, 6.45) is 1.71. The van der Waals surface area contributed by atoms with Crippen molar-refractivity contribution in [1.29, 1.82) is 0 Å². The number of aromatic nitrogens is 2. The van der Waals surface area contributed by atoms with E-state index < -0.39 is 10.2 Å². The van der Waals surface area contributed by atoms with Gasteiger partial charge < -0.3 is 4.90 Å². The van der Waals surface area contributed by atoms with Crippen LogP contribution in [0.1, 0.15) is 24.0 Å². The number of nitrogens with one attached hydrogen (secondary N) is 1. The normalized spacial score (nSPS) is 20.4. The minimum Gasteiger partial charge on any atom is -0.355 e. The van der Waals surface area contributed by atoms with Crippen molar-refractivity contribution >= 4 is 26.9 Å². The minimum absolute atomic E-state index is 0.0182. The second-order valence-electron chi connectivity index (χ2n) is 7.52. The van der Waals surface area contributed by atoms with Crippen LogP contribution in [-0.4, -0.2) is 37.3 Å². The molecule has 0 bridgehead atoms. The van der Waals surface area contributed by atoms with Crippen LogP contribution in [0.2, 0.25) is 0 Å². The first-order valence-corrected chi connectivity index (χ1v) is 9.69. The number of benzene rings is 1. The Hall–Kier alpha value is -1.64. The molecule has 1 saturated heterocycles. The Morgan fingerprint density at radius 1 is 1.25 bits per heavy atom. The van der Waals surface area contributed by atoms with E-state index in [9.17, 15) is 8.42 Å². The van der Waals surface area contributed by atoms with E-state index in [-0.39, 0.29) is 11.5 Å². The van der Waals surface area contributed by atoms with Gasteiger partial charge in [-0.25, -0.2) is 5.14 Å². The predicted molar refractivity (Wildman–Crippen MR) is 94.1 cm³/mol. The van der Waals surface area contributed by atoms with Crippen molar-refractivity contribution in [3.63, 3.8) is 0 Å². The summed E-state index contributed by atoms with van der Waals surface area (Å²) in [5.74, 6) is 1.15. The Balaban J connectivity index is 1.51. The highest BCUT2D eigenvalue weighted by Crippen LogP contribution is 2.50. The Labute approximate surface area is 142 Å². The molecule has 0 unspecified atom stereocenters. The highest BCUT2D eigenvalue weighted by molar-refractivity contribution is 7.87. The van der Waals surface area contributed by atoms with Crippen LogP contribution in [-0.2, 0) is 17.3 Å². The Kier molecular flexibility index (Phi) is 3.26. The number of hydrogen-bond acceptors (Lipinski definition) is 4. The third-order valence-electron chi connectivity index (χ3n) is 5.46. The molecule has 0 atom stereocenters. The first kappa shape index (κ1) is 15.9. The molecule has 0 amide bonds. The average Bonchev–Trinajstić information content (AvgIpc) is 2.66. The van der Waals surface area contributed by atoms with Crippen molar-refractivity contribution in [2.45, 2.75) is 32.7 Å². The monoisotopic (exact) mass is 349 g/mol. The number of nitrogens with zero attached hydrogens (tertiary/aromatic N) is 3. The van der Waals surface area contributed by atoms with Crippen LogP contribution in [0.25, 0.3) is 10.9 Å². The molecule has 2 aliphatic rings. The molecular weight excluding hydrogens is 326 g/mol. The van der Waals surface area contributed by atoms with E-state index in [1.807, 2.05) is 11.7 Å². The van der Waals surface area contributed by atoms with Gasteiger partial charge in [0.05, 0.1) is 5.52 Å². The van der Waals surface area contributed by atoms with E-state index in [1.54, 1.807) is 0 Å². The van der Waals surface area contributed by atoms with Crippen LogP contribution in [0.3, 0.4) is 0 Å². The lowest BCUT2D eigenvalue weighted by Crippen LogP contribution is -2.67. The molecule has 2 heterocycles. The second-order valence-corrected chi connectivity index (χ2v) is 8.85. The zero-order valence-electron chi connectivity index (χ0n) is 14.2. The van der Waals surface area contributed by atoms with Gasteiger partial charge in [-0.2, -0.15) is 18.2 Å². The van der Waals surface area contributed by atoms with Gasteiger partial charge in [0.1, 0.15) is 5.82 Å². The fraction of sp³-hybridized carbons (Fsp3) is 0.562. The molecule has 24 heavy (non-hydrogen) atoms.